The lowest BCUT2D eigenvalue weighted by molar-refractivity contribution is -0.118. The van der Waals surface area contributed by atoms with E-state index in [0.29, 0.717) is 12.5 Å². The minimum Gasteiger partial charge on any atom is -0.300 e. The molecule has 2 aromatic rings. The lowest BCUT2D eigenvalue weighted by atomic mass is 10.1. The fourth-order valence-electron chi connectivity index (χ4n) is 3.06. The van der Waals surface area contributed by atoms with Gasteiger partial charge in [-0.2, -0.15) is 5.10 Å². The molecule has 1 saturated heterocycles. The van der Waals surface area contributed by atoms with Crippen molar-refractivity contribution in [3.05, 3.63) is 48.3 Å². The molecule has 1 aliphatic heterocycles. The van der Waals surface area contributed by atoms with Crippen molar-refractivity contribution in [2.45, 2.75) is 38.8 Å². The Kier molecular flexibility index (Phi) is 4.15. The smallest absolute Gasteiger partial charge is 0.131 e. The average Bonchev–Trinajstić information content (AvgIpc) is 3.10. The van der Waals surface area contributed by atoms with Crippen molar-refractivity contribution in [2.75, 3.05) is 6.54 Å². The Labute approximate surface area is 125 Å². The number of rotatable bonds is 5. The van der Waals surface area contributed by atoms with Gasteiger partial charge in [0, 0.05) is 30.8 Å². The molecule has 4 nitrogen and oxygen atoms in total. The predicted octanol–water partition coefficient (Wildman–Crippen LogP) is 2.82. The van der Waals surface area contributed by atoms with Crippen molar-refractivity contribution < 1.29 is 4.79 Å². The number of hydrogen-bond donors (Lipinski definition) is 0. The summed E-state index contributed by atoms with van der Waals surface area (Å²) < 4.78 is 1.91. The van der Waals surface area contributed by atoms with Crippen LogP contribution >= 0.6 is 0 Å². The first-order chi connectivity index (χ1) is 10.2. The van der Waals surface area contributed by atoms with E-state index in [2.05, 4.69) is 16.2 Å². The third-order valence-electron chi connectivity index (χ3n) is 4.06. The van der Waals surface area contributed by atoms with Gasteiger partial charge in [-0.3, -0.25) is 9.69 Å². The lowest BCUT2D eigenvalue weighted by Crippen LogP contribution is -2.30. The molecule has 1 fully saturated rings. The van der Waals surface area contributed by atoms with E-state index in [1.165, 1.54) is 12.0 Å². The zero-order chi connectivity index (χ0) is 14.7. The molecule has 0 aliphatic carbocycles. The monoisotopic (exact) mass is 283 g/mol. The number of benzene rings is 1. The standard InChI is InChI=1S/C17H21N3O/c1-14(21)10-17-8-5-9-19(17)12-15-11-18-20(13-15)16-6-3-2-4-7-16/h2-4,6-7,11,13,17H,5,8-10,12H2,1H3. The summed E-state index contributed by atoms with van der Waals surface area (Å²) >= 11 is 0. The Morgan fingerprint density at radius 3 is 2.90 bits per heavy atom. The van der Waals surface area contributed by atoms with Gasteiger partial charge >= 0.3 is 0 Å². The second-order valence-electron chi connectivity index (χ2n) is 5.80. The van der Waals surface area contributed by atoms with Gasteiger partial charge in [0.1, 0.15) is 5.78 Å². The van der Waals surface area contributed by atoms with Gasteiger partial charge in [-0.25, -0.2) is 4.68 Å². The molecule has 0 bridgehead atoms. The van der Waals surface area contributed by atoms with Crippen molar-refractivity contribution in [2.24, 2.45) is 0 Å². The molecule has 2 heterocycles. The van der Waals surface area contributed by atoms with Gasteiger partial charge in [0.25, 0.3) is 0 Å². The van der Waals surface area contributed by atoms with Crippen LogP contribution in [0, 0.1) is 0 Å². The van der Waals surface area contributed by atoms with Crippen LogP contribution in [0.5, 0.6) is 0 Å². The van der Waals surface area contributed by atoms with Gasteiger partial charge in [0.2, 0.25) is 0 Å². The molecular weight excluding hydrogens is 262 g/mol. The highest BCUT2D eigenvalue weighted by atomic mass is 16.1. The molecule has 0 amide bonds. The maximum atomic E-state index is 11.3. The molecule has 1 aliphatic rings. The molecule has 1 aromatic carbocycles. The van der Waals surface area contributed by atoms with Crippen LogP contribution in [-0.2, 0) is 11.3 Å². The fourth-order valence-corrected chi connectivity index (χ4v) is 3.06. The van der Waals surface area contributed by atoms with Crippen LogP contribution < -0.4 is 0 Å². The zero-order valence-corrected chi connectivity index (χ0v) is 12.4. The molecule has 0 saturated carbocycles. The Morgan fingerprint density at radius 1 is 1.33 bits per heavy atom. The minimum atomic E-state index is 0.284. The van der Waals surface area contributed by atoms with Gasteiger partial charge in [-0.15, -0.1) is 0 Å². The third-order valence-corrected chi connectivity index (χ3v) is 4.06. The highest BCUT2D eigenvalue weighted by Crippen LogP contribution is 2.22. The normalized spacial score (nSPS) is 19.0. The van der Waals surface area contributed by atoms with Crippen LogP contribution in [0.15, 0.2) is 42.7 Å². The molecule has 3 rings (SSSR count). The van der Waals surface area contributed by atoms with Crippen molar-refractivity contribution in [1.29, 1.82) is 0 Å². The SMILES string of the molecule is CC(=O)CC1CCCN1Cc1cnn(-c2ccccc2)c1. The first-order valence-electron chi connectivity index (χ1n) is 7.55. The quantitative estimate of drug-likeness (QED) is 0.847. The molecule has 0 N–H and O–H groups in total. The Morgan fingerprint density at radius 2 is 2.14 bits per heavy atom. The number of para-hydroxylation sites is 1. The summed E-state index contributed by atoms with van der Waals surface area (Å²) in [6, 6.07) is 10.5. The Balaban J connectivity index is 1.68. The van der Waals surface area contributed by atoms with E-state index in [1.54, 1.807) is 6.92 Å². The van der Waals surface area contributed by atoms with Gasteiger partial charge < -0.3 is 0 Å². The molecule has 1 unspecified atom stereocenters. The van der Waals surface area contributed by atoms with E-state index < -0.39 is 0 Å². The summed E-state index contributed by atoms with van der Waals surface area (Å²) in [5.74, 6) is 0.284. The van der Waals surface area contributed by atoms with E-state index in [-0.39, 0.29) is 5.78 Å². The second-order valence-corrected chi connectivity index (χ2v) is 5.80. The van der Waals surface area contributed by atoms with Gasteiger partial charge in [-0.1, -0.05) is 18.2 Å². The Hall–Kier alpha value is -1.94. The number of nitrogens with zero attached hydrogens (tertiary/aromatic N) is 3. The molecule has 1 atom stereocenters. The van der Waals surface area contributed by atoms with E-state index in [9.17, 15) is 4.79 Å². The summed E-state index contributed by atoms with van der Waals surface area (Å²) in [4.78, 5) is 13.8. The zero-order valence-electron chi connectivity index (χ0n) is 12.4. The van der Waals surface area contributed by atoms with Crippen LogP contribution in [0.2, 0.25) is 0 Å². The third kappa shape index (κ3) is 3.39. The summed E-state index contributed by atoms with van der Waals surface area (Å²) in [6.45, 7) is 3.64. The minimum absolute atomic E-state index is 0.284. The highest BCUT2D eigenvalue weighted by molar-refractivity contribution is 5.76. The number of carbonyl (C=O) groups is 1. The van der Waals surface area contributed by atoms with E-state index in [0.717, 1.165) is 25.2 Å². The predicted molar refractivity (Wildman–Crippen MR) is 82.3 cm³/mol. The second kappa shape index (κ2) is 6.22. The molecule has 0 radical (unpaired) electrons. The van der Waals surface area contributed by atoms with Crippen molar-refractivity contribution in [1.82, 2.24) is 14.7 Å². The summed E-state index contributed by atoms with van der Waals surface area (Å²) in [5, 5.41) is 4.44. The lowest BCUT2D eigenvalue weighted by Gasteiger charge is -2.22. The number of carbonyl (C=O) groups excluding carboxylic acids is 1. The number of hydrogen-bond acceptors (Lipinski definition) is 3. The first-order valence-corrected chi connectivity index (χ1v) is 7.55. The molecule has 21 heavy (non-hydrogen) atoms. The largest absolute Gasteiger partial charge is 0.300 e. The molecule has 4 heteroatoms. The number of ketones is 1. The van der Waals surface area contributed by atoms with Crippen LogP contribution in [0.3, 0.4) is 0 Å². The maximum Gasteiger partial charge on any atom is 0.131 e. The summed E-state index contributed by atoms with van der Waals surface area (Å²) in [7, 11) is 0. The van der Waals surface area contributed by atoms with Gasteiger partial charge in [0.05, 0.1) is 11.9 Å². The molecule has 110 valence electrons. The van der Waals surface area contributed by atoms with Crippen molar-refractivity contribution in [3.8, 4) is 5.69 Å². The fraction of sp³-hybridized carbons (Fsp3) is 0.412. The van der Waals surface area contributed by atoms with Crippen molar-refractivity contribution in [3.63, 3.8) is 0 Å². The first kappa shape index (κ1) is 14.0. The average molecular weight is 283 g/mol. The van der Waals surface area contributed by atoms with Crippen molar-refractivity contribution >= 4 is 5.78 Å². The topological polar surface area (TPSA) is 38.1 Å². The van der Waals surface area contributed by atoms with Crippen LogP contribution in [0.1, 0.15) is 31.7 Å². The Bertz CT molecular complexity index is 606. The molecule has 1 aromatic heterocycles. The van der Waals surface area contributed by atoms with Gasteiger partial charge in [-0.05, 0) is 38.4 Å². The molecule has 0 spiro atoms. The summed E-state index contributed by atoms with van der Waals surface area (Å²) in [6.07, 6.45) is 7.00. The van der Waals surface area contributed by atoms with Crippen LogP contribution in [0.4, 0.5) is 0 Å². The molecular formula is C17H21N3O. The number of Topliss-reactive ketones (excluding diaryl/α,β-unsaturated/α-hetero) is 1. The van der Waals surface area contributed by atoms with E-state index in [4.69, 9.17) is 0 Å². The van der Waals surface area contributed by atoms with Gasteiger partial charge in [0.15, 0.2) is 0 Å². The van der Waals surface area contributed by atoms with E-state index >= 15 is 0 Å². The number of likely N-dealkylation sites (tertiary alicyclic amines) is 1. The number of aromatic nitrogens is 2. The summed E-state index contributed by atoms with van der Waals surface area (Å²) in [5.41, 5.74) is 2.28. The van der Waals surface area contributed by atoms with Crippen LogP contribution in [0.25, 0.3) is 5.69 Å². The maximum absolute atomic E-state index is 11.3. The van der Waals surface area contributed by atoms with E-state index in [1.807, 2.05) is 41.2 Å². The highest BCUT2D eigenvalue weighted by Gasteiger charge is 2.25. The van der Waals surface area contributed by atoms with Crippen LogP contribution in [-0.4, -0.2) is 33.1 Å².